The number of nitrogens with zero attached hydrogens (tertiary/aromatic N) is 1. The number of rotatable bonds is 4. The second kappa shape index (κ2) is 5.19. The van der Waals surface area contributed by atoms with Crippen LogP contribution in [0.25, 0.3) is 0 Å². The second-order valence-electron chi connectivity index (χ2n) is 4.86. The lowest BCUT2D eigenvalue weighted by Gasteiger charge is -2.33. The number of halogens is 2. The van der Waals surface area contributed by atoms with Crippen molar-refractivity contribution in [3.05, 3.63) is 35.4 Å². The van der Waals surface area contributed by atoms with Gasteiger partial charge in [0.25, 0.3) is 5.91 Å². The fourth-order valence-corrected chi connectivity index (χ4v) is 2.66. The van der Waals surface area contributed by atoms with Gasteiger partial charge in [0.1, 0.15) is 17.2 Å². The molecule has 4 nitrogen and oxygen atoms in total. The van der Waals surface area contributed by atoms with Gasteiger partial charge in [-0.05, 0) is 30.5 Å². The zero-order chi connectivity index (χ0) is 14.9. The normalized spacial score (nSPS) is 17.5. The highest BCUT2D eigenvalue weighted by molar-refractivity contribution is 6.06. The molecule has 1 aliphatic rings. The minimum atomic E-state index is -0.945. The molecule has 0 atom stereocenters. The summed E-state index contributed by atoms with van der Waals surface area (Å²) in [5.41, 5.74) is -0.626. The molecule has 0 aromatic heterocycles. The lowest BCUT2D eigenvalue weighted by Crippen LogP contribution is -2.48. The Labute approximate surface area is 115 Å². The number of benzene rings is 1. The van der Waals surface area contributed by atoms with E-state index in [0.29, 0.717) is 18.4 Å². The van der Waals surface area contributed by atoms with Crippen molar-refractivity contribution in [2.24, 2.45) is 0 Å². The van der Waals surface area contributed by atoms with Crippen LogP contribution in [0.4, 0.5) is 13.6 Å². The maximum Gasteiger partial charge on any atom is 0.325 e. The van der Waals surface area contributed by atoms with E-state index < -0.39 is 23.2 Å². The first-order valence-corrected chi connectivity index (χ1v) is 6.51. The molecule has 1 fully saturated rings. The molecular weight excluding hydrogens is 266 g/mol. The summed E-state index contributed by atoms with van der Waals surface area (Å²) in [6.07, 6.45) is 0.887. The van der Waals surface area contributed by atoms with Crippen LogP contribution in [0.2, 0.25) is 0 Å². The van der Waals surface area contributed by atoms with Gasteiger partial charge in [0.15, 0.2) is 0 Å². The van der Waals surface area contributed by atoms with Gasteiger partial charge in [-0.3, -0.25) is 10.1 Å². The van der Waals surface area contributed by atoms with Crippen molar-refractivity contribution in [1.82, 2.24) is 10.2 Å². The zero-order valence-corrected chi connectivity index (χ0v) is 11.4. The topological polar surface area (TPSA) is 49.4 Å². The number of carbonyl (C=O) groups excluding carboxylic acids is 2. The van der Waals surface area contributed by atoms with Crippen LogP contribution >= 0.6 is 0 Å². The molecule has 1 N–H and O–H groups in total. The number of urea groups is 1. The predicted octanol–water partition coefficient (Wildman–Crippen LogP) is 2.58. The Balaban J connectivity index is 2.34. The number of amides is 3. The standard InChI is InChI=1S/C14H16F2N2O2/c1-3-14(4-2)12(19)17-13(20)18(14)8-9-5-10(15)7-11(16)6-9/h5-7H,3-4,8H2,1-2H3,(H,17,19,20). The van der Waals surface area contributed by atoms with Gasteiger partial charge in [0.2, 0.25) is 0 Å². The first-order chi connectivity index (χ1) is 9.42. The molecule has 1 heterocycles. The number of hydrogen-bond acceptors (Lipinski definition) is 2. The van der Waals surface area contributed by atoms with Crippen LogP contribution in [0.15, 0.2) is 18.2 Å². The Morgan fingerprint density at radius 2 is 1.65 bits per heavy atom. The molecule has 3 amide bonds. The summed E-state index contributed by atoms with van der Waals surface area (Å²) in [5.74, 6) is -1.77. The smallest absolute Gasteiger partial charge is 0.305 e. The number of hydrogen-bond donors (Lipinski definition) is 1. The minimum Gasteiger partial charge on any atom is -0.305 e. The van der Waals surface area contributed by atoms with Gasteiger partial charge in [0.05, 0.1) is 0 Å². The van der Waals surface area contributed by atoms with Crippen LogP contribution in [0.3, 0.4) is 0 Å². The first kappa shape index (κ1) is 14.4. The van der Waals surface area contributed by atoms with E-state index in [9.17, 15) is 18.4 Å². The average Bonchev–Trinajstić information content (AvgIpc) is 2.60. The van der Waals surface area contributed by atoms with Crippen molar-refractivity contribution in [3.63, 3.8) is 0 Å². The second-order valence-corrected chi connectivity index (χ2v) is 4.86. The van der Waals surface area contributed by atoms with E-state index in [-0.39, 0.29) is 12.5 Å². The van der Waals surface area contributed by atoms with Gasteiger partial charge in [-0.15, -0.1) is 0 Å². The van der Waals surface area contributed by atoms with Crippen LogP contribution in [0.5, 0.6) is 0 Å². The summed E-state index contributed by atoms with van der Waals surface area (Å²) in [7, 11) is 0. The SMILES string of the molecule is CCC1(CC)C(=O)NC(=O)N1Cc1cc(F)cc(F)c1. The zero-order valence-electron chi connectivity index (χ0n) is 11.4. The van der Waals surface area contributed by atoms with E-state index in [4.69, 9.17) is 0 Å². The molecule has 1 aromatic carbocycles. The van der Waals surface area contributed by atoms with Crippen molar-refractivity contribution in [1.29, 1.82) is 0 Å². The van der Waals surface area contributed by atoms with E-state index in [1.165, 1.54) is 4.90 Å². The highest BCUT2D eigenvalue weighted by Gasteiger charge is 2.50. The number of carbonyl (C=O) groups is 2. The van der Waals surface area contributed by atoms with Crippen LogP contribution in [0, 0.1) is 11.6 Å². The van der Waals surface area contributed by atoms with Crippen LogP contribution < -0.4 is 5.32 Å². The van der Waals surface area contributed by atoms with E-state index >= 15 is 0 Å². The summed E-state index contributed by atoms with van der Waals surface area (Å²) >= 11 is 0. The molecule has 0 unspecified atom stereocenters. The molecule has 1 aromatic rings. The largest absolute Gasteiger partial charge is 0.325 e. The predicted molar refractivity (Wildman–Crippen MR) is 68.8 cm³/mol. The van der Waals surface area contributed by atoms with Crippen LogP contribution in [-0.4, -0.2) is 22.4 Å². The molecule has 1 saturated heterocycles. The molecule has 20 heavy (non-hydrogen) atoms. The van der Waals surface area contributed by atoms with Gasteiger partial charge in [-0.2, -0.15) is 0 Å². The molecule has 6 heteroatoms. The Bertz CT molecular complexity index is 536. The van der Waals surface area contributed by atoms with Crippen LogP contribution in [-0.2, 0) is 11.3 Å². The van der Waals surface area contributed by atoms with Crippen molar-refractivity contribution >= 4 is 11.9 Å². The van der Waals surface area contributed by atoms with Crippen molar-refractivity contribution in [2.45, 2.75) is 38.8 Å². The van der Waals surface area contributed by atoms with Crippen molar-refractivity contribution < 1.29 is 18.4 Å². The highest BCUT2D eigenvalue weighted by atomic mass is 19.1. The third-order valence-corrected chi connectivity index (χ3v) is 3.84. The van der Waals surface area contributed by atoms with E-state index in [0.717, 1.165) is 18.2 Å². The van der Waals surface area contributed by atoms with Crippen molar-refractivity contribution in [2.75, 3.05) is 0 Å². The summed E-state index contributed by atoms with van der Waals surface area (Å²) in [5, 5.41) is 2.27. The Morgan fingerprint density at radius 3 is 2.15 bits per heavy atom. The first-order valence-electron chi connectivity index (χ1n) is 6.51. The molecular formula is C14H16F2N2O2. The summed E-state index contributed by atoms with van der Waals surface area (Å²) in [6, 6.07) is 2.57. The Kier molecular flexibility index (Phi) is 3.74. The van der Waals surface area contributed by atoms with Crippen molar-refractivity contribution in [3.8, 4) is 0 Å². The molecule has 0 radical (unpaired) electrons. The van der Waals surface area contributed by atoms with E-state index in [1.807, 2.05) is 0 Å². The fourth-order valence-electron chi connectivity index (χ4n) is 2.66. The fraction of sp³-hybridized carbons (Fsp3) is 0.429. The molecule has 0 spiro atoms. The van der Waals surface area contributed by atoms with Gasteiger partial charge >= 0.3 is 6.03 Å². The molecule has 1 aliphatic heterocycles. The van der Waals surface area contributed by atoms with Gasteiger partial charge in [0, 0.05) is 12.6 Å². The summed E-state index contributed by atoms with van der Waals surface area (Å²) in [6.45, 7) is 3.61. The minimum absolute atomic E-state index is 0.00602. The summed E-state index contributed by atoms with van der Waals surface area (Å²) < 4.78 is 26.4. The maximum absolute atomic E-state index is 13.2. The van der Waals surface area contributed by atoms with E-state index in [1.54, 1.807) is 13.8 Å². The Hall–Kier alpha value is -1.98. The highest BCUT2D eigenvalue weighted by Crippen LogP contribution is 2.31. The average molecular weight is 282 g/mol. The quantitative estimate of drug-likeness (QED) is 0.863. The summed E-state index contributed by atoms with van der Waals surface area (Å²) in [4.78, 5) is 25.2. The van der Waals surface area contributed by atoms with Crippen LogP contribution in [0.1, 0.15) is 32.3 Å². The molecule has 0 bridgehead atoms. The number of nitrogens with one attached hydrogen (secondary N) is 1. The lowest BCUT2D eigenvalue weighted by molar-refractivity contribution is -0.127. The molecule has 0 aliphatic carbocycles. The van der Waals surface area contributed by atoms with E-state index in [2.05, 4.69) is 5.32 Å². The third-order valence-electron chi connectivity index (χ3n) is 3.84. The maximum atomic E-state index is 13.2. The molecule has 108 valence electrons. The number of imide groups is 1. The lowest BCUT2D eigenvalue weighted by atomic mass is 9.91. The Morgan fingerprint density at radius 1 is 1.10 bits per heavy atom. The van der Waals surface area contributed by atoms with Gasteiger partial charge in [-0.1, -0.05) is 13.8 Å². The third kappa shape index (κ3) is 2.26. The molecule has 0 saturated carbocycles. The van der Waals surface area contributed by atoms with Gasteiger partial charge < -0.3 is 4.90 Å². The van der Waals surface area contributed by atoms with Gasteiger partial charge in [-0.25, -0.2) is 13.6 Å². The molecule has 2 rings (SSSR count). The monoisotopic (exact) mass is 282 g/mol.